The lowest BCUT2D eigenvalue weighted by Gasteiger charge is -2.15. The van der Waals surface area contributed by atoms with Gasteiger partial charge in [-0.25, -0.2) is 4.98 Å². The third kappa shape index (κ3) is 3.84. The van der Waals surface area contributed by atoms with Crippen LogP contribution in [0.3, 0.4) is 0 Å². The second kappa shape index (κ2) is 6.57. The van der Waals surface area contributed by atoms with Crippen LogP contribution in [0.1, 0.15) is 23.7 Å². The molecule has 1 aromatic carbocycles. The van der Waals surface area contributed by atoms with Gasteiger partial charge in [-0.1, -0.05) is 29.8 Å². The highest BCUT2D eigenvalue weighted by atomic mass is 16.5. The van der Waals surface area contributed by atoms with E-state index >= 15 is 0 Å². The Morgan fingerprint density at radius 3 is 2.85 bits per heavy atom. The molecule has 4 heteroatoms. The van der Waals surface area contributed by atoms with Crippen LogP contribution in [0.4, 0.5) is 5.95 Å². The Labute approximate surface area is 120 Å². The first kappa shape index (κ1) is 14.6. The molecule has 1 aromatic heterocycles. The first-order valence-electron chi connectivity index (χ1n) is 6.93. The van der Waals surface area contributed by atoms with Crippen LogP contribution >= 0.6 is 0 Å². The summed E-state index contributed by atoms with van der Waals surface area (Å²) >= 11 is 0. The molecule has 1 atom stereocenters. The van der Waals surface area contributed by atoms with Gasteiger partial charge < -0.3 is 14.6 Å². The highest BCUT2D eigenvalue weighted by molar-refractivity contribution is 5.32. The monoisotopic (exact) mass is 273 g/mol. The number of aryl methyl sites for hydroxylation is 2. The molecule has 4 nitrogen and oxygen atoms in total. The van der Waals surface area contributed by atoms with E-state index in [1.807, 2.05) is 6.92 Å². The van der Waals surface area contributed by atoms with Gasteiger partial charge in [0.1, 0.15) is 0 Å². The van der Waals surface area contributed by atoms with Crippen molar-refractivity contribution in [2.24, 2.45) is 0 Å². The van der Waals surface area contributed by atoms with Gasteiger partial charge in [0, 0.05) is 19.3 Å². The number of hydrogen-bond donors (Lipinski definition) is 1. The van der Waals surface area contributed by atoms with Gasteiger partial charge in [-0.15, -0.1) is 0 Å². The smallest absolute Gasteiger partial charge is 0.203 e. The summed E-state index contributed by atoms with van der Waals surface area (Å²) in [4.78, 5) is 4.55. The van der Waals surface area contributed by atoms with E-state index in [4.69, 9.17) is 4.74 Å². The van der Waals surface area contributed by atoms with Crippen molar-refractivity contribution < 1.29 is 4.74 Å². The lowest BCUT2D eigenvalue weighted by atomic mass is 10.1. The van der Waals surface area contributed by atoms with E-state index in [9.17, 15) is 0 Å². The van der Waals surface area contributed by atoms with Crippen molar-refractivity contribution in [2.45, 2.75) is 33.4 Å². The summed E-state index contributed by atoms with van der Waals surface area (Å²) in [6.45, 7) is 7.70. The second-order valence-electron chi connectivity index (χ2n) is 5.32. The third-order valence-electron chi connectivity index (χ3n) is 3.12. The summed E-state index contributed by atoms with van der Waals surface area (Å²) in [5.74, 6) is 0.897. The molecule has 0 bridgehead atoms. The highest BCUT2D eigenvalue weighted by Gasteiger charge is 2.09. The maximum absolute atomic E-state index is 5.16. The third-order valence-corrected chi connectivity index (χ3v) is 3.12. The molecule has 1 unspecified atom stereocenters. The predicted molar refractivity (Wildman–Crippen MR) is 82.2 cm³/mol. The van der Waals surface area contributed by atoms with Gasteiger partial charge in [0.25, 0.3) is 0 Å². The van der Waals surface area contributed by atoms with Crippen LogP contribution < -0.4 is 5.32 Å². The van der Waals surface area contributed by atoms with Crippen molar-refractivity contribution in [2.75, 3.05) is 19.0 Å². The quantitative estimate of drug-likeness (QED) is 0.879. The minimum atomic E-state index is 0.234. The Hall–Kier alpha value is -1.81. The summed E-state index contributed by atoms with van der Waals surface area (Å²) in [5.41, 5.74) is 3.58. The Morgan fingerprint density at radius 2 is 2.15 bits per heavy atom. The average Bonchev–Trinajstić information content (AvgIpc) is 2.69. The minimum Gasteiger partial charge on any atom is -0.383 e. The molecule has 0 aliphatic carbocycles. The van der Waals surface area contributed by atoms with E-state index in [1.54, 1.807) is 7.11 Å². The van der Waals surface area contributed by atoms with Gasteiger partial charge in [-0.2, -0.15) is 0 Å². The molecule has 1 N–H and O–H groups in total. The molecule has 0 radical (unpaired) electrons. The zero-order chi connectivity index (χ0) is 14.5. The maximum atomic E-state index is 5.16. The summed E-state index contributed by atoms with van der Waals surface area (Å²) in [6.07, 6.45) is 2.07. The van der Waals surface area contributed by atoms with Gasteiger partial charge in [0.2, 0.25) is 5.95 Å². The van der Waals surface area contributed by atoms with Crippen LogP contribution in [0.25, 0.3) is 0 Å². The minimum absolute atomic E-state index is 0.234. The van der Waals surface area contributed by atoms with E-state index in [0.29, 0.717) is 6.61 Å². The van der Waals surface area contributed by atoms with Gasteiger partial charge in [0.15, 0.2) is 0 Å². The van der Waals surface area contributed by atoms with Crippen molar-refractivity contribution >= 4 is 5.95 Å². The van der Waals surface area contributed by atoms with Crippen LogP contribution in [-0.2, 0) is 11.3 Å². The van der Waals surface area contributed by atoms with Gasteiger partial charge >= 0.3 is 0 Å². The maximum Gasteiger partial charge on any atom is 0.203 e. The van der Waals surface area contributed by atoms with Gasteiger partial charge in [-0.05, 0) is 26.3 Å². The molecule has 0 fully saturated rings. The number of hydrogen-bond acceptors (Lipinski definition) is 3. The van der Waals surface area contributed by atoms with Crippen molar-refractivity contribution in [1.82, 2.24) is 9.55 Å². The van der Waals surface area contributed by atoms with E-state index < -0.39 is 0 Å². The normalized spacial score (nSPS) is 12.4. The lowest BCUT2D eigenvalue weighted by molar-refractivity contribution is 0.190. The number of rotatable bonds is 6. The Morgan fingerprint density at radius 1 is 1.35 bits per heavy atom. The Balaban J connectivity index is 2.15. The zero-order valence-corrected chi connectivity index (χ0v) is 12.7. The molecule has 0 amide bonds. The Bertz CT molecular complexity index is 563. The summed E-state index contributed by atoms with van der Waals surface area (Å²) < 4.78 is 7.31. The summed E-state index contributed by atoms with van der Waals surface area (Å²) in [7, 11) is 1.71. The summed E-state index contributed by atoms with van der Waals surface area (Å²) in [5, 5.41) is 3.39. The molecule has 0 aliphatic rings. The number of imidazole rings is 1. The molecule has 0 saturated heterocycles. The van der Waals surface area contributed by atoms with E-state index in [-0.39, 0.29) is 6.04 Å². The topological polar surface area (TPSA) is 39.1 Å². The first-order chi connectivity index (χ1) is 9.58. The molecular weight excluding hydrogens is 250 g/mol. The van der Waals surface area contributed by atoms with Crippen LogP contribution in [-0.4, -0.2) is 29.3 Å². The second-order valence-corrected chi connectivity index (χ2v) is 5.32. The van der Waals surface area contributed by atoms with Crippen LogP contribution in [0.15, 0.2) is 30.5 Å². The SMILES string of the molecule is COCC(C)Nc1nc(C)cn1Cc1cccc(C)c1. The number of nitrogens with one attached hydrogen (secondary N) is 1. The fraction of sp³-hybridized carbons (Fsp3) is 0.438. The molecule has 108 valence electrons. The molecule has 2 rings (SSSR count). The number of aromatic nitrogens is 2. The lowest BCUT2D eigenvalue weighted by Crippen LogP contribution is -2.23. The molecule has 1 heterocycles. The average molecular weight is 273 g/mol. The van der Waals surface area contributed by atoms with Crippen LogP contribution in [0.5, 0.6) is 0 Å². The molecule has 20 heavy (non-hydrogen) atoms. The molecular formula is C16H23N3O. The molecule has 0 saturated carbocycles. The first-order valence-corrected chi connectivity index (χ1v) is 6.93. The van der Waals surface area contributed by atoms with Gasteiger partial charge in [0.05, 0.1) is 18.8 Å². The van der Waals surface area contributed by atoms with Gasteiger partial charge in [-0.3, -0.25) is 0 Å². The number of ether oxygens (including phenoxy) is 1. The number of methoxy groups -OCH3 is 1. The largest absolute Gasteiger partial charge is 0.383 e. The van der Waals surface area contributed by atoms with E-state index in [2.05, 4.69) is 59.2 Å². The molecule has 2 aromatic rings. The fourth-order valence-electron chi connectivity index (χ4n) is 2.30. The van der Waals surface area contributed by atoms with Crippen LogP contribution in [0, 0.1) is 13.8 Å². The fourth-order valence-corrected chi connectivity index (χ4v) is 2.30. The predicted octanol–water partition coefficient (Wildman–Crippen LogP) is 3.00. The Kier molecular flexibility index (Phi) is 4.79. The standard InChI is InChI=1S/C16H23N3O/c1-12-6-5-7-15(8-12)10-19-9-13(2)17-16(19)18-14(3)11-20-4/h5-9,14H,10-11H2,1-4H3,(H,17,18). The van der Waals surface area contributed by atoms with Crippen LogP contribution in [0.2, 0.25) is 0 Å². The zero-order valence-electron chi connectivity index (χ0n) is 12.7. The number of nitrogens with zero attached hydrogens (tertiary/aromatic N) is 2. The van der Waals surface area contributed by atoms with Crippen molar-refractivity contribution in [3.8, 4) is 0 Å². The molecule has 0 spiro atoms. The highest BCUT2D eigenvalue weighted by Crippen LogP contribution is 2.14. The summed E-state index contributed by atoms with van der Waals surface area (Å²) in [6, 6.07) is 8.79. The van der Waals surface area contributed by atoms with Crippen molar-refractivity contribution in [3.63, 3.8) is 0 Å². The van der Waals surface area contributed by atoms with E-state index in [1.165, 1.54) is 11.1 Å². The number of anilines is 1. The van der Waals surface area contributed by atoms with Crippen molar-refractivity contribution in [1.29, 1.82) is 0 Å². The number of benzene rings is 1. The molecule has 0 aliphatic heterocycles. The van der Waals surface area contributed by atoms with Crippen molar-refractivity contribution in [3.05, 3.63) is 47.3 Å². The van der Waals surface area contributed by atoms with E-state index in [0.717, 1.165) is 18.2 Å².